The molecule has 0 radical (unpaired) electrons. The van der Waals surface area contributed by atoms with Crippen LogP contribution in [0.4, 0.5) is 13.9 Å². The number of halogens is 3. The summed E-state index contributed by atoms with van der Waals surface area (Å²) in [6, 6.07) is 15.5. The molecule has 1 N–H and O–H groups in total. The van der Waals surface area contributed by atoms with Crippen LogP contribution < -0.4 is 5.32 Å². The molecule has 1 heterocycles. The van der Waals surface area contributed by atoms with E-state index < -0.39 is 17.5 Å². The van der Waals surface area contributed by atoms with Gasteiger partial charge < -0.3 is 0 Å². The summed E-state index contributed by atoms with van der Waals surface area (Å²) in [7, 11) is 0. The first-order valence-corrected chi connectivity index (χ1v) is 9.17. The second-order valence-corrected chi connectivity index (χ2v) is 7.07. The van der Waals surface area contributed by atoms with Crippen LogP contribution in [0.15, 0.2) is 60.0 Å². The first kappa shape index (κ1) is 17.6. The minimum atomic E-state index is -1.14. The lowest BCUT2D eigenvalue weighted by atomic mass is 10.1. The van der Waals surface area contributed by atoms with Crippen LogP contribution >= 0.6 is 22.9 Å². The number of hydrogen-bond donors (Lipinski definition) is 1. The summed E-state index contributed by atoms with van der Waals surface area (Å²) < 4.78 is 26.5. The molecule has 0 aliphatic rings. The number of aromatic nitrogens is 1. The Hall–Kier alpha value is -2.83. The van der Waals surface area contributed by atoms with Crippen molar-refractivity contribution < 1.29 is 13.6 Å². The van der Waals surface area contributed by atoms with E-state index in [9.17, 15) is 13.6 Å². The molecule has 3 nitrogen and oxygen atoms in total. The molecule has 134 valence electrons. The second-order valence-electron chi connectivity index (χ2n) is 5.80. The van der Waals surface area contributed by atoms with Crippen molar-refractivity contribution >= 4 is 44.7 Å². The van der Waals surface area contributed by atoms with Gasteiger partial charge in [0.05, 0.1) is 16.3 Å². The van der Waals surface area contributed by atoms with Crippen LogP contribution in [0.1, 0.15) is 10.4 Å². The van der Waals surface area contributed by atoms with E-state index >= 15 is 0 Å². The Balaban J connectivity index is 1.59. The lowest BCUT2D eigenvalue weighted by Gasteiger charge is -2.05. The minimum Gasteiger partial charge on any atom is -0.298 e. The number of nitrogens with one attached hydrogen (secondary N) is 1. The summed E-state index contributed by atoms with van der Waals surface area (Å²) in [4.78, 5) is 16.7. The first-order chi connectivity index (χ1) is 13.0. The van der Waals surface area contributed by atoms with E-state index in [1.165, 1.54) is 11.3 Å². The quantitative estimate of drug-likeness (QED) is 0.419. The monoisotopic (exact) mass is 400 g/mol. The van der Waals surface area contributed by atoms with Gasteiger partial charge in [-0.05, 0) is 29.0 Å². The molecule has 0 spiro atoms. The fourth-order valence-corrected chi connectivity index (χ4v) is 3.62. The number of carbonyl (C=O) groups is 1. The standard InChI is InChI=1S/C20H11ClF2N2OS/c21-15-9-17(23)16(22)8-14(15)19(26)25-20-24-18(10-27-20)13-6-5-11-3-1-2-4-12(11)7-13/h1-10H,(H,24,25,26). The van der Waals surface area contributed by atoms with E-state index in [4.69, 9.17) is 11.6 Å². The maximum atomic E-state index is 13.4. The van der Waals surface area contributed by atoms with E-state index in [-0.39, 0.29) is 10.6 Å². The van der Waals surface area contributed by atoms with Crippen molar-refractivity contribution in [3.05, 3.63) is 82.2 Å². The highest BCUT2D eigenvalue weighted by Crippen LogP contribution is 2.28. The van der Waals surface area contributed by atoms with Gasteiger partial charge in [-0.25, -0.2) is 13.8 Å². The van der Waals surface area contributed by atoms with Crippen molar-refractivity contribution in [2.75, 3.05) is 5.32 Å². The third-order valence-corrected chi connectivity index (χ3v) is 5.09. The minimum absolute atomic E-state index is 0.155. The van der Waals surface area contributed by atoms with Crippen LogP contribution in [-0.2, 0) is 0 Å². The van der Waals surface area contributed by atoms with Crippen molar-refractivity contribution in [3.63, 3.8) is 0 Å². The van der Waals surface area contributed by atoms with Crippen molar-refractivity contribution in [1.29, 1.82) is 0 Å². The topological polar surface area (TPSA) is 42.0 Å². The summed E-state index contributed by atoms with van der Waals surface area (Å²) in [5.41, 5.74) is 1.46. The molecule has 4 aromatic rings. The molecule has 7 heteroatoms. The molecule has 4 rings (SSSR count). The van der Waals surface area contributed by atoms with Gasteiger partial charge in [0.1, 0.15) is 0 Å². The molecule has 0 fully saturated rings. The Bertz CT molecular complexity index is 1180. The van der Waals surface area contributed by atoms with Crippen molar-refractivity contribution in [2.45, 2.75) is 0 Å². The lowest BCUT2D eigenvalue weighted by molar-refractivity contribution is 0.102. The zero-order valence-corrected chi connectivity index (χ0v) is 15.2. The van der Waals surface area contributed by atoms with Crippen molar-refractivity contribution in [3.8, 4) is 11.3 Å². The number of rotatable bonds is 3. The Kier molecular flexibility index (Phi) is 4.59. The molecule has 0 aliphatic carbocycles. The van der Waals surface area contributed by atoms with E-state index in [0.717, 1.165) is 28.5 Å². The molecule has 0 atom stereocenters. The molecule has 1 aromatic heterocycles. The fourth-order valence-electron chi connectivity index (χ4n) is 2.67. The number of hydrogen-bond acceptors (Lipinski definition) is 3. The zero-order chi connectivity index (χ0) is 19.0. The largest absolute Gasteiger partial charge is 0.298 e. The first-order valence-electron chi connectivity index (χ1n) is 7.92. The van der Waals surface area contributed by atoms with Crippen LogP contribution in [0.3, 0.4) is 0 Å². The number of amides is 1. The lowest BCUT2D eigenvalue weighted by Crippen LogP contribution is -2.13. The Morgan fingerprint density at radius 2 is 1.74 bits per heavy atom. The summed E-state index contributed by atoms with van der Waals surface area (Å²) in [6.45, 7) is 0. The second kappa shape index (κ2) is 7.06. The number of carbonyl (C=O) groups excluding carboxylic acids is 1. The van der Waals surface area contributed by atoms with Gasteiger partial charge in [0.15, 0.2) is 16.8 Å². The molecule has 1 amide bonds. The van der Waals surface area contributed by atoms with Gasteiger partial charge >= 0.3 is 0 Å². The average molecular weight is 401 g/mol. The smallest absolute Gasteiger partial charge is 0.259 e. The van der Waals surface area contributed by atoms with Crippen molar-refractivity contribution in [1.82, 2.24) is 4.98 Å². The SMILES string of the molecule is O=C(Nc1nc(-c2ccc3ccccc3c2)cs1)c1cc(F)c(F)cc1Cl. The maximum absolute atomic E-state index is 13.4. The van der Waals surface area contributed by atoms with Crippen molar-refractivity contribution in [2.24, 2.45) is 0 Å². The van der Waals surface area contributed by atoms with Gasteiger partial charge in [0, 0.05) is 10.9 Å². The summed E-state index contributed by atoms with van der Waals surface area (Å²) >= 11 is 7.07. The van der Waals surface area contributed by atoms with E-state index in [1.807, 2.05) is 47.8 Å². The van der Waals surface area contributed by atoms with Crippen LogP contribution in [-0.4, -0.2) is 10.9 Å². The molecule has 0 bridgehead atoms. The summed E-state index contributed by atoms with van der Waals surface area (Å²) in [6.07, 6.45) is 0. The van der Waals surface area contributed by atoms with Gasteiger partial charge in [-0.15, -0.1) is 11.3 Å². The van der Waals surface area contributed by atoms with E-state index in [0.29, 0.717) is 10.8 Å². The third-order valence-electron chi connectivity index (χ3n) is 4.02. The molecule has 0 aliphatic heterocycles. The molecule has 0 saturated carbocycles. The number of anilines is 1. The third kappa shape index (κ3) is 3.54. The highest BCUT2D eigenvalue weighted by molar-refractivity contribution is 7.14. The van der Waals surface area contributed by atoms with Crippen LogP contribution in [0.5, 0.6) is 0 Å². The number of thiazole rings is 1. The van der Waals surface area contributed by atoms with E-state index in [2.05, 4.69) is 10.3 Å². The highest BCUT2D eigenvalue weighted by Gasteiger charge is 2.16. The number of benzene rings is 3. The van der Waals surface area contributed by atoms with Crippen LogP contribution in [0.25, 0.3) is 22.0 Å². The predicted octanol–water partition coefficient (Wildman–Crippen LogP) is 6.15. The zero-order valence-electron chi connectivity index (χ0n) is 13.7. The number of nitrogens with zero attached hydrogens (tertiary/aromatic N) is 1. The molecular formula is C20H11ClF2N2OS. The van der Waals surface area contributed by atoms with Crippen LogP contribution in [0, 0.1) is 11.6 Å². The number of fused-ring (bicyclic) bond motifs is 1. The normalized spacial score (nSPS) is 10.9. The Morgan fingerprint density at radius 1 is 1.00 bits per heavy atom. The predicted molar refractivity (Wildman–Crippen MR) is 104 cm³/mol. The van der Waals surface area contributed by atoms with Gasteiger partial charge in [-0.1, -0.05) is 48.0 Å². The van der Waals surface area contributed by atoms with Gasteiger partial charge in [0.25, 0.3) is 5.91 Å². The summed E-state index contributed by atoms with van der Waals surface area (Å²) in [5, 5.41) is 6.76. The Morgan fingerprint density at radius 3 is 2.56 bits per heavy atom. The van der Waals surface area contributed by atoms with Gasteiger partial charge in [0.2, 0.25) is 0 Å². The van der Waals surface area contributed by atoms with Gasteiger partial charge in [-0.3, -0.25) is 10.1 Å². The molecule has 0 saturated heterocycles. The Labute approximate surface area is 162 Å². The maximum Gasteiger partial charge on any atom is 0.259 e. The molecule has 27 heavy (non-hydrogen) atoms. The fraction of sp³-hybridized carbons (Fsp3) is 0. The molecule has 3 aromatic carbocycles. The van der Waals surface area contributed by atoms with Gasteiger partial charge in [-0.2, -0.15) is 0 Å². The molecular weight excluding hydrogens is 390 g/mol. The van der Waals surface area contributed by atoms with Crippen LogP contribution in [0.2, 0.25) is 5.02 Å². The van der Waals surface area contributed by atoms with E-state index in [1.54, 1.807) is 0 Å². The molecule has 0 unspecified atom stereocenters. The average Bonchev–Trinajstić information content (AvgIpc) is 3.12. The highest BCUT2D eigenvalue weighted by atomic mass is 35.5. The summed E-state index contributed by atoms with van der Waals surface area (Å²) in [5.74, 6) is -2.90.